The highest BCUT2D eigenvalue weighted by atomic mass is 32.1. The first-order valence-corrected chi connectivity index (χ1v) is 0. The molecule has 0 aliphatic carbocycles. The highest BCUT2D eigenvalue weighted by Crippen LogP contribution is 0.652. The summed E-state index contributed by atoms with van der Waals surface area (Å²) in [7, 11) is 0. The number of hydrogen-bond acceptors (Lipinski definition) is 0. The molecule has 0 unspecified atom stereocenters. The minimum Gasteiger partial charge on any atom is 0 e. The average Bonchev–Trinajstić information content (AvgIpc) is 0. The van der Waals surface area contributed by atoms with Gasteiger partial charge in [-0.2, -0.15) is 0 Å². The highest BCUT2D eigenvalue weighted by molar-refractivity contribution is 7.59. The Morgan fingerprint density at radius 2 is 0.200 bits per heavy atom. The van der Waals surface area contributed by atoms with Crippen LogP contribution in [0.25, 0.3) is 0 Å². The molecule has 0 aromatic carbocycles. The van der Waals surface area contributed by atoms with Crippen molar-refractivity contribution < 1.29 is 0 Å². The maximum Gasteiger partial charge on any atom is 0 e. The van der Waals surface area contributed by atoms with Gasteiger partial charge in [-0.15, -0.1) is 0 Å². The lowest BCUT2D eigenvalue weighted by Gasteiger charge is -0.00100. The van der Waals surface area contributed by atoms with Gasteiger partial charge in [0, 0.05) is 67.5 Å². The predicted molar refractivity (Wildman–Crippen MR) is 38.0 cm³/mol. The zero-order chi connectivity index (χ0) is 0. The van der Waals surface area contributed by atoms with Crippen LogP contribution < -0.4 is 0 Å². The molecule has 5 heavy (non-hydrogen) atoms. The molecule has 0 saturated carbocycles. The third-order valence-electron chi connectivity index (χ3n) is 0. The van der Waals surface area contributed by atoms with Gasteiger partial charge < -0.3 is 0 Å². The monoisotopic (exact) mass is 160 g/mol. The Labute approximate surface area is 67.3 Å². The molecule has 30 valence electrons. The van der Waals surface area contributed by atoms with Crippen molar-refractivity contribution in [2.24, 2.45) is 0 Å². The molecule has 0 aliphatic heterocycles. The van der Waals surface area contributed by atoms with Gasteiger partial charge in [0.25, 0.3) is 0 Å². The van der Waals surface area contributed by atoms with E-state index in [9.17, 15) is 0 Å². The van der Waals surface area contributed by atoms with Crippen LogP contribution in [-0.2, 0) is 0 Å². The zero-order valence-corrected chi connectivity index (χ0v) is 6.12. The van der Waals surface area contributed by atoms with E-state index in [1.54, 1.807) is 0 Å². The van der Waals surface area contributed by atoms with Crippen molar-refractivity contribution in [1.82, 2.24) is 0 Å². The van der Waals surface area contributed by atoms with Gasteiger partial charge in [0.1, 0.15) is 0 Å². The van der Waals surface area contributed by atoms with Gasteiger partial charge in [-0.25, -0.2) is 0 Å². The molecule has 0 heterocycles. The van der Waals surface area contributed by atoms with Gasteiger partial charge in [0.15, 0.2) is 0 Å². The topological polar surface area (TPSA) is 0 Å². The maximum absolute atomic E-state index is 0. The maximum atomic E-state index is 0. The van der Waals surface area contributed by atoms with Crippen molar-refractivity contribution in [3.8, 4) is 0 Å². The van der Waals surface area contributed by atoms with Gasteiger partial charge >= 0.3 is 0 Å². The van der Waals surface area contributed by atoms with Crippen LogP contribution in [0.4, 0.5) is 0 Å². The van der Waals surface area contributed by atoms with Gasteiger partial charge in [-0.3, -0.25) is 0 Å². The van der Waals surface area contributed by atoms with E-state index in [1.807, 2.05) is 0 Å². The molecular weight excluding hydrogens is 160 g/mol. The fraction of sp³-hybridized carbons (Fsp3) is 0. The first-order valence-electron chi connectivity index (χ1n) is 0. The molecular formula is S5. The van der Waals surface area contributed by atoms with Crippen molar-refractivity contribution in [2.75, 3.05) is 0 Å². The number of hydrogen-bond donors (Lipinski definition) is 0. The predicted octanol–water partition coefficient (Wildman–Crippen LogP) is 3.24. The Bertz CT molecular complexity index is 0. The summed E-state index contributed by atoms with van der Waals surface area (Å²) in [6, 6.07) is 0. The summed E-state index contributed by atoms with van der Waals surface area (Å²) in [6.07, 6.45) is 0. The van der Waals surface area contributed by atoms with Crippen LogP contribution in [-0.4, -0.2) is 0 Å². The van der Waals surface area contributed by atoms with Crippen molar-refractivity contribution >= 4 is 67.5 Å². The largest absolute Gasteiger partial charge is 0 e. The zero-order valence-electron chi connectivity index (χ0n) is 2.04. The summed E-state index contributed by atoms with van der Waals surface area (Å²) >= 11 is 0. The third-order valence-corrected chi connectivity index (χ3v) is 0. The Morgan fingerprint density at radius 3 is 0.200 bits per heavy atom. The third kappa shape index (κ3) is 26.4. The highest BCUT2D eigenvalue weighted by Gasteiger charge is 0.00400. The summed E-state index contributed by atoms with van der Waals surface area (Å²) in [6.45, 7) is 0. The van der Waals surface area contributed by atoms with Crippen LogP contribution >= 0.6 is 67.5 Å². The van der Waals surface area contributed by atoms with E-state index in [2.05, 4.69) is 0 Å². The smallest absolute Gasteiger partial charge is 0 e. The van der Waals surface area contributed by atoms with E-state index in [-0.39, 0.29) is 67.5 Å². The molecule has 0 N–H and O–H groups in total. The lowest BCUT2D eigenvalue weighted by molar-refractivity contribution is 7.59. The normalized spacial score (nSPS) is 0. The summed E-state index contributed by atoms with van der Waals surface area (Å²) < 4.78 is 0. The molecule has 0 saturated heterocycles. The molecule has 5 heteroatoms. The van der Waals surface area contributed by atoms with Gasteiger partial charge in [0.2, 0.25) is 0 Å². The van der Waals surface area contributed by atoms with E-state index >= 15 is 0 Å². The SMILES string of the molecule is [S].[S].[S].[S].[S]. The van der Waals surface area contributed by atoms with Crippen LogP contribution in [0.3, 0.4) is 0 Å². The molecule has 0 bridgehead atoms. The second kappa shape index (κ2) is 42.4. The first kappa shape index (κ1) is 72.9. The molecule has 0 aromatic heterocycles. The Balaban J connectivity index is 0. The molecule has 0 nitrogen and oxygen atoms in total. The van der Waals surface area contributed by atoms with Gasteiger partial charge in [-0.05, 0) is 0 Å². The van der Waals surface area contributed by atoms with E-state index in [0.29, 0.717) is 0 Å². The van der Waals surface area contributed by atoms with E-state index in [1.165, 1.54) is 0 Å². The molecule has 0 amide bonds. The second-order valence-corrected chi connectivity index (χ2v) is 0. The van der Waals surface area contributed by atoms with Crippen molar-refractivity contribution in [1.29, 1.82) is 0 Å². The van der Waals surface area contributed by atoms with E-state index in [4.69, 9.17) is 0 Å². The summed E-state index contributed by atoms with van der Waals surface area (Å²) in [5, 5.41) is 0. The molecule has 0 aliphatic rings. The summed E-state index contributed by atoms with van der Waals surface area (Å²) in [5.74, 6) is 0. The first-order chi connectivity index (χ1) is 0. The van der Waals surface area contributed by atoms with Crippen molar-refractivity contribution in [2.45, 2.75) is 0 Å². The Hall–Kier alpha value is 1.75. The van der Waals surface area contributed by atoms with E-state index < -0.39 is 0 Å². The van der Waals surface area contributed by atoms with Crippen LogP contribution in [0, 0.1) is 0 Å². The fourth-order valence-electron chi connectivity index (χ4n) is 0. The Morgan fingerprint density at radius 1 is 0.200 bits per heavy atom. The Kier molecular flexibility index (Phi) is 617. The fourth-order valence-corrected chi connectivity index (χ4v) is 0. The molecule has 0 fully saturated rings. The summed E-state index contributed by atoms with van der Waals surface area (Å²) in [5.41, 5.74) is 0. The minimum atomic E-state index is 0. The van der Waals surface area contributed by atoms with Crippen molar-refractivity contribution in [3.63, 3.8) is 0 Å². The quantitative estimate of drug-likeness (QED) is 0.510. The molecule has 0 atom stereocenters. The van der Waals surface area contributed by atoms with E-state index in [0.717, 1.165) is 0 Å². The van der Waals surface area contributed by atoms with Gasteiger partial charge in [0.05, 0.1) is 0 Å². The molecule has 0 spiro atoms. The average molecular weight is 160 g/mol. The lowest BCUT2D eigenvalue weighted by atomic mass is 32.1. The second-order valence-electron chi connectivity index (χ2n) is 0. The van der Waals surface area contributed by atoms with Gasteiger partial charge in [-0.1, -0.05) is 0 Å². The standard InChI is InChI=1S/5S. The summed E-state index contributed by atoms with van der Waals surface area (Å²) in [4.78, 5) is 0. The van der Waals surface area contributed by atoms with Crippen LogP contribution in [0.5, 0.6) is 0 Å². The van der Waals surface area contributed by atoms with Crippen LogP contribution in [0.1, 0.15) is 0 Å². The lowest BCUT2D eigenvalue weighted by Crippen LogP contribution is 0.647. The minimum absolute atomic E-state index is 0. The van der Waals surface area contributed by atoms with Crippen molar-refractivity contribution in [3.05, 3.63) is 0 Å². The molecule has 0 aromatic rings. The molecule has 0 rings (SSSR count). The molecule has 10 radical (unpaired) electrons. The van der Waals surface area contributed by atoms with Crippen LogP contribution in [0.15, 0.2) is 0 Å². The number of rotatable bonds is 0. The van der Waals surface area contributed by atoms with Crippen LogP contribution in [0.2, 0.25) is 0 Å².